The molecule has 0 heterocycles. The van der Waals surface area contributed by atoms with Crippen molar-refractivity contribution in [2.24, 2.45) is 0 Å². The van der Waals surface area contributed by atoms with Crippen LogP contribution in [0.1, 0.15) is 0 Å². The third-order valence-electron chi connectivity index (χ3n) is 1.57. The monoisotopic (exact) mass is 294 g/mol. The van der Waals surface area contributed by atoms with Crippen LogP contribution in [0.5, 0.6) is 0 Å². The van der Waals surface area contributed by atoms with Gasteiger partial charge in [-0.3, -0.25) is 0 Å². The van der Waals surface area contributed by atoms with Crippen molar-refractivity contribution in [1.29, 1.82) is 0 Å². The molecule has 0 aliphatic heterocycles. The van der Waals surface area contributed by atoms with Gasteiger partial charge in [-0.25, -0.2) is 0 Å². The number of hydrogen-bond donors (Lipinski definition) is 0. The number of allylic oxidation sites excluding steroid dienone is 5. The Hall–Kier alpha value is 0.1000. The van der Waals surface area contributed by atoms with Gasteiger partial charge in [0.2, 0.25) is 0 Å². The van der Waals surface area contributed by atoms with Gasteiger partial charge in [0.05, 0.1) is 11.0 Å². The van der Waals surface area contributed by atoms with E-state index in [-0.39, 0.29) is 0 Å². The molecule has 0 saturated carbocycles. The molecule has 1 aliphatic carbocycles. The molecule has 1 atom stereocenters. The standard InChI is InChI=1S/C9H11IOS/c1-11-8-6-4-3-5-7(10)9(8)12-2/h3-7H,1-2H3. The molecule has 0 amide bonds. The fourth-order valence-electron chi connectivity index (χ4n) is 0.992. The molecule has 1 unspecified atom stereocenters. The highest BCUT2D eigenvalue weighted by Gasteiger charge is 2.12. The first-order valence-electron chi connectivity index (χ1n) is 3.60. The molecule has 1 rings (SSSR count). The Morgan fingerprint density at radius 3 is 2.83 bits per heavy atom. The van der Waals surface area contributed by atoms with Crippen molar-refractivity contribution in [2.45, 2.75) is 3.92 Å². The summed E-state index contributed by atoms with van der Waals surface area (Å²) in [4.78, 5) is 1.28. The van der Waals surface area contributed by atoms with E-state index in [2.05, 4.69) is 41.0 Å². The van der Waals surface area contributed by atoms with Gasteiger partial charge >= 0.3 is 0 Å². The normalized spacial score (nSPS) is 22.8. The van der Waals surface area contributed by atoms with Crippen molar-refractivity contribution >= 4 is 34.4 Å². The van der Waals surface area contributed by atoms with Gasteiger partial charge in [0.1, 0.15) is 5.76 Å². The molecule has 0 fully saturated rings. The highest BCUT2D eigenvalue weighted by Crippen LogP contribution is 2.29. The summed E-state index contributed by atoms with van der Waals surface area (Å²) in [6.45, 7) is 0. The highest BCUT2D eigenvalue weighted by molar-refractivity contribution is 14.1. The Morgan fingerprint density at radius 1 is 1.50 bits per heavy atom. The quantitative estimate of drug-likeness (QED) is 0.571. The van der Waals surface area contributed by atoms with Gasteiger partial charge in [-0.05, 0) is 12.3 Å². The highest BCUT2D eigenvalue weighted by atomic mass is 127. The van der Waals surface area contributed by atoms with Crippen molar-refractivity contribution in [3.63, 3.8) is 0 Å². The first-order valence-corrected chi connectivity index (χ1v) is 6.07. The average molecular weight is 294 g/mol. The smallest absolute Gasteiger partial charge is 0.129 e. The lowest BCUT2D eigenvalue weighted by Gasteiger charge is -2.10. The molecule has 0 spiro atoms. The number of halogens is 1. The number of methoxy groups -OCH3 is 1. The van der Waals surface area contributed by atoms with Crippen LogP contribution >= 0.6 is 34.4 Å². The Labute approximate surface area is 91.1 Å². The lowest BCUT2D eigenvalue weighted by atomic mass is 10.3. The molecular formula is C9H11IOS. The van der Waals surface area contributed by atoms with Crippen molar-refractivity contribution in [1.82, 2.24) is 0 Å². The molecule has 0 N–H and O–H groups in total. The first-order chi connectivity index (χ1) is 5.79. The Kier molecular flexibility index (Phi) is 4.21. The van der Waals surface area contributed by atoms with Crippen LogP contribution in [0.4, 0.5) is 0 Å². The van der Waals surface area contributed by atoms with E-state index in [0.717, 1.165) is 5.76 Å². The number of ether oxygens (including phenoxy) is 1. The minimum atomic E-state index is 0.433. The van der Waals surface area contributed by atoms with Crippen molar-refractivity contribution in [2.75, 3.05) is 13.4 Å². The molecule has 0 aromatic rings. The summed E-state index contributed by atoms with van der Waals surface area (Å²) in [5.41, 5.74) is 0. The van der Waals surface area contributed by atoms with E-state index in [0.29, 0.717) is 3.92 Å². The maximum Gasteiger partial charge on any atom is 0.129 e. The second-order valence-electron chi connectivity index (χ2n) is 2.28. The van der Waals surface area contributed by atoms with Gasteiger partial charge in [0, 0.05) is 4.91 Å². The lowest BCUT2D eigenvalue weighted by Crippen LogP contribution is -1.98. The zero-order valence-corrected chi connectivity index (χ0v) is 10.1. The van der Waals surface area contributed by atoms with Gasteiger partial charge in [-0.15, -0.1) is 11.8 Å². The summed E-state index contributed by atoms with van der Waals surface area (Å²) in [6, 6.07) is 0. The van der Waals surface area contributed by atoms with Crippen LogP contribution in [0, 0.1) is 0 Å². The third-order valence-corrected chi connectivity index (χ3v) is 3.93. The summed E-state index contributed by atoms with van der Waals surface area (Å²) in [5, 5.41) is 0. The average Bonchev–Trinajstić information content (AvgIpc) is 2.26. The summed E-state index contributed by atoms with van der Waals surface area (Å²) < 4.78 is 5.71. The van der Waals surface area contributed by atoms with Crippen LogP contribution in [0.25, 0.3) is 0 Å². The SMILES string of the molecule is COC1=C(SC)C(I)C=CC=C1. The molecule has 0 bridgehead atoms. The minimum absolute atomic E-state index is 0.433. The van der Waals surface area contributed by atoms with Gasteiger partial charge in [0.25, 0.3) is 0 Å². The topological polar surface area (TPSA) is 9.23 Å². The molecular weight excluding hydrogens is 283 g/mol. The summed E-state index contributed by atoms with van der Waals surface area (Å²) in [6.07, 6.45) is 10.3. The zero-order valence-electron chi connectivity index (χ0n) is 7.08. The Bertz CT molecular complexity index is 243. The Balaban J connectivity index is 2.98. The van der Waals surface area contributed by atoms with E-state index < -0.39 is 0 Å². The predicted octanol–water partition coefficient (Wildman–Crippen LogP) is 3.14. The zero-order chi connectivity index (χ0) is 8.97. The molecule has 0 radical (unpaired) electrons. The number of hydrogen-bond acceptors (Lipinski definition) is 2. The molecule has 1 nitrogen and oxygen atoms in total. The van der Waals surface area contributed by atoms with Gasteiger partial charge in [0.15, 0.2) is 0 Å². The predicted molar refractivity (Wildman–Crippen MR) is 63.6 cm³/mol. The van der Waals surface area contributed by atoms with E-state index >= 15 is 0 Å². The molecule has 0 saturated heterocycles. The van der Waals surface area contributed by atoms with Gasteiger partial charge < -0.3 is 4.74 Å². The van der Waals surface area contributed by atoms with Crippen LogP contribution in [-0.4, -0.2) is 17.3 Å². The lowest BCUT2D eigenvalue weighted by molar-refractivity contribution is 0.305. The third kappa shape index (κ3) is 2.29. The van der Waals surface area contributed by atoms with E-state index in [1.807, 2.05) is 12.2 Å². The fraction of sp³-hybridized carbons (Fsp3) is 0.333. The van der Waals surface area contributed by atoms with E-state index in [4.69, 9.17) is 4.74 Å². The van der Waals surface area contributed by atoms with E-state index in [1.165, 1.54) is 4.91 Å². The van der Waals surface area contributed by atoms with Gasteiger partial charge in [-0.1, -0.05) is 40.8 Å². The van der Waals surface area contributed by atoms with Crippen LogP contribution in [0.3, 0.4) is 0 Å². The first kappa shape index (κ1) is 10.2. The fourth-order valence-corrected chi connectivity index (χ4v) is 2.96. The van der Waals surface area contributed by atoms with Crippen LogP contribution < -0.4 is 0 Å². The second-order valence-corrected chi connectivity index (χ2v) is 4.47. The van der Waals surface area contributed by atoms with Crippen molar-refractivity contribution in [3.8, 4) is 0 Å². The maximum absolute atomic E-state index is 5.27. The largest absolute Gasteiger partial charge is 0.496 e. The maximum atomic E-state index is 5.27. The minimum Gasteiger partial charge on any atom is -0.496 e. The van der Waals surface area contributed by atoms with E-state index in [9.17, 15) is 0 Å². The molecule has 66 valence electrons. The van der Waals surface area contributed by atoms with Crippen molar-refractivity contribution in [3.05, 3.63) is 35.0 Å². The number of thioether (sulfide) groups is 1. The molecule has 0 aromatic heterocycles. The van der Waals surface area contributed by atoms with E-state index in [1.54, 1.807) is 18.9 Å². The van der Waals surface area contributed by atoms with Gasteiger partial charge in [-0.2, -0.15) is 0 Å². The summed E-state index contributed by atoms with van der Waals surface area (Å²) in [7, 11) is 1.71. The molecule has 3 heteroatoms. The van der Waals surface area contributed by atoms with Crippen LogP contribution in [-0.2, 0) is 4.74 Å². The number of alkyl halides is 1. The number of rotatable bonds is 2. The van der Waals surface area contributed by atoms with Crippen LogP contribution in [0.2, 0.25) is 0 Å². The van der Waals surface area contributed by atoms with Crippen LogP contribution in [0.15, 0.2) is 35.0 Å². The second kappa shape index (κ2) is 4.97. The Morgan fingerprint density at radius 2 is 2.25 bits per heavy atom. The molecule has 0 aromatic carbocycles. The van der Waals surface area contributed by atoms with Crippen molar-refractivity contribution < 1.29 is 4.74 Å². The molecule has 12 heavy (non-hydrogen) atoms. The molecule has 1 aliphatic rings. The summed E-state index contributed by atoms with van der Waals surface area (Å²) in [5.74, 6) is 0.979. The summed E-state index contributed by atoms with van der Waals surface area (Å²) >= 11 is 4.14.